The molecule has 0 aliphatic carbocycles. The Kier molecular flexibility index (Phi) is 4.72. The van der Waals surface area contributed by atoms with Crippen molar-refractivity contribution >= 4 is 23.1 Å². The molecule has 0 saturated heterocycles. The molecule has 20 heavy (non-hydrogen) atoms. The third-order valence-corrected chi connectivity index (χ3v) is 3.07. The molecule has 0 spiro atoms. The van der Waals surface area contributed by atoms with Crippen molar-refractivity contribution in [2.75, 3.05) is 0 Å². The Morgan fingerprint density at radius 2 is 1.70 bits per heavy atom. The number of aryl methyl sites for hydroxylation is 1. The maximum absolute atomic E-state index is 14.0. The molecule has 102 valence electrons. The highest BCUT2D eigenvalue weighted by atomic mass is 32.1. The van der Waals surface area contributed by atoms with E-state index in [1.165, 1.54) is 0 Å². The number of hydrogen-bond acceptors (Lipinski definition) is 2. The fraction of sp³-hybridized carbons (Fsp3) is 0.188. The topological polar surface area (TPSA) is 12.4 Å². The zero-order valence-electron chi connectivity index (χ0n) is 11.0. The Hall–Kier alpha value is -1.90. The Labute approximate surface area is 122 Å². The van der Waals surface area contributed by atoms with E-state index in [2.05, 4.69) is 29.3 Å². The lowest BCUT2D eigenvalue weighted by Gasteiger charge is -2.07. The molecule has 0 fully saturated rings. The SMILES string of the molecule is CCCc1ccc(-c2c(F)cc(N=C=S)cc2F)cc1. The molecule has 0 radical (unpaired) electrons. The first-order valence-corrected chi connectivity index (χ1v) is 6.72. The molecule has 0 unspecified atom stereocenters. The van der Waals surface area contributed by atoms with E-state index in [9.17, 15) is 8.78 Å². The Morgan fingerprint density at radius 1 is 1.10 bits per heavy atom. The van der Waals surface area contributed by atoms with Crippen molar-refractivity contribution in [3.63, 3.8) is 0 Å². The summed E-state index contributed by atoms with van der Waals surface area (Å²) in [7, 11) is 0. The van der Waals surface area contributed by atoms with Crippen LogP contribution in [0.2, 0.25) is 0 Å². The third-order valence-electron chi connectivity index (χ3n) is 2.98. The molecule has 2 rings (SSSR count). The van der Waals surface area contributed by atoms with Crippen molar-refractivity contribution in [2.45, 2.75) is 19.8 Å². The van der Waals surface area contributed by atoms with Gasteiger partial charge >= 0.3 is 0 Å². The largest absolute Gasteiger partial charge is 0.206 e. The van der Waals surface area contributed by atoms with Crippen molar-refractivity contribution < 1.29 is 8.78 Å². The van der Waals surface area contributed by atoms with Crippen LogP contribution in [0, 0.1) is 11.6 Å². The lowest BCUT2D eigenvalue weighted by molar-refractivity contribution is 0.590. The van der Waals surface area contributed by atoms with E-state index in [0.717, 1.165) is 30.5 Å². The summed E-state index contributed by atoms with van der Waals surface area (Å²) < 4.78 is 28.0. The van der Waals surface area contributed by atoms with Gasteiger partial charge in [-0.25, -0.2) is 8.78 Å². The maximum atomic E-state index is 14.0. The number of thiocarbonyl (C=S) groups is 1. The number of aliphatic imine (C=N–C) groups is 1. The smallest absolute Gasteiger partial charge is 0.136 e. The van der Waals surface area contributed by atoms with E-state index in [0.29, 0.717) is 5.56 Å². The van der Waals surface area contributed by atoms with Gasteiger partial charge in [-0.2, -0.15) is 4.99 Å². The van der Waals surface area contributed by atoms with Gasteiger partial charge in [0.25, 0.3) is 0 Å². The average Bonchev–Trinajstić information content (AvgIpc) is 2.40. The summed E-state index contributed by atoms with van der Waals surface area (Å²) in [4.78, 5) is 3.59. The van der Waals surface area contributed by atoms with E-state index < -0.39 is 11.6 Å². The first-order chi connectivity index (χ1) is 9.65. The highest BCUT2D eigenvalue weighted by molar-refractivity contribution is 7.78. The molecule has 4 heteroatoms. The second-order valence-corrected chi connectivity index (χ2v) is 4.62. The number of halogens is 2. The summed E-state index contributed by atoms with van der Waals surface area (Å²) in [5, 5.41) is 2.09. The monoisotopic (exact) mass is 289 g/mol. The van der Waals surface area contributed by atoms with Crippen LogP contribution in [0.1, 0.15) is 18.9 Å². The number of rotatable bonds is 4. The summed E-state index contributed by atoms with van der Waals surface area (Å²) in [5.74, 6) is -1.31. The first kappa shape index (κ1) is 14.5. The highest BCUT2D eigenvalue weighted by Gasteiger charge is 2.13. The summed E-state index contributed by atoms with van der Waals surface area (Å²) in [6.45, 7) is 2.09. The van der Waals surface area contributed by atoms with Crippen LogP contribution in [0.4, 0.5) is 14.5 Å². The highest BCUT2D eigenvalue weighted by Crippen LogP contribution is 2.30. The van der Waals surface area contributed by atoms with Crippen molar-refractivity contribution in [2.24, 2.45) is 4.99 Å². The molecule has 0 N–H and O–H groups in total. The molecule has 2 aromatic carbocycles. The molecule has 0 aromatic heterocycles. The van der Waals surface area contributed by atoms with Crippen molar-refractivity contribution in [3.8, 4) is 11.1 Å². The summed E-state index contributed by atoms with van der Waals surface area (Å²) in [6, 6.07) is 9.54. The lowest BCUT2D eigenvalue weighted by Crippen LogP contribution is -1.91. The second kappa shape index (κ2) is 6.51. The summed E-state index contributed by atoms with van der Waals surface area (Å²) in [6.07, 6.45) is 1.99. The summed E-state index contributed by atoms with van der Waals surface area (Å²) >= 11 is 4.42. The zero-order valence-corrected chi connectivity index (χ0v) is 11.8. The van der Waals surface area contributed by atoms with Crippen LogP contribution in [0.3, 0.4) is 0 Å². The molecule has 0 atom stereocenters. The molecule has 0 amide bonds. The Morgan fingerprint density at radius 3 is 2.20 bits per heavy atom. The Balaban J connectivity index is 2.44. The van der Waals surface area contributed by atoms with Crippen LogP contribution in [-0.4, -0.2) is 5.16 Å². The molecule has 0 heterocycles. The van der Waals surface area contributed by atoms with Crippen molar-refractivity contribution in [1.82, 2.24) is 0 Å². The van der Waals surface area contributed by atoms with E-state index in [1.54, 1.807) is 12.1 Å². The van der Waals surface area contributed by atoms with Gasteiger partial charge in [0, 0.05) is 12.1 Å². The van der Waals surface area contributed by atoms with E-state index in [-0.39, 0.29) is 11.3 Å². The van der Waals surface area contributed by atoms with E-state index in [1.807, 2.05) is 12.1 Å². The van der Waals surface area contributed by atoms with Gasteiger partial charge < -0.3 is 0 Å². The lowest BCUT2D eigenvalue weighted by atomic mass is 10.0. The van der Waals surface area contributed by atoms with E-state index >= 15 is 0 Å². The minimum Gasteiger partial charge on any atom is -0.206 e. The quantitative estimate of drug-likeness (QED) is 0.548. The van der Waals surface area contributed by atoms with Gasteiger partial charge in [0.05, 0.1) is 16.4 Å². The first-order valence-electron chi connectivity index (χ1n) is 6.32. The molecule has 2 aromatic rings. The standard InChI is InChI=1S/C16H13F2NS/c1-2-3-11-4-6-12(7-5-11)16-14(17)8-13(19-10-20)9-15(16)18/h4-9H,2-3H2,1H3. The number of benzene rings is 2. The van der Waals surface area contributed by atoms with Crippen molar-refractivity contribution in [1.29, 1.82) is 0 Å². The van der Waals surface area contributed by atoms with Crippen molar-refractivity contribution in [3.05, 3.63) is 53.6 Å². The van der Waals surface area contributed by atoms with Gasteiger partial charge in [0.2, 0.25) is 0 Å². The van der Waals surface area contributed by atoms with Crippen LogP contribution in [0.5, 0.6) is 0 Å². The predicted molar refractivity (Wildman–Crippen MR) is 80.5 cm³/mol. The van der Waals surface area contributed by atoms with Gasteiger partial charge in [0.1, 0.15) is 11.6 Å². The minimum absolute atomic E-state index is 0.0450. The normalized spacial score (nSPS) is 10.2. The van der Waals surface area contributed by atoms with E-state index in [4.69, 9.17) is 0 Å². The van der Waals surface area contributed by atoms with Gasteiger partial charge in [-0.05, 0) is 29.8 Å². The maximum Gasteiger partial charge on any atom is 0.136 e. The van der Waals surface area contributed by atoms with Gasteiger partial charge in [-0.3, -0.25) is 0 Å². The molecule has 0 saturated carbocycles. The molecule has 1 nitrogen and oxygen atoms in total. The van der Waals surface area contributed by atoms with Crippen LogP contribution in [-0.2, 0) is 6.42 Å². The fourth-order valence-corrected chi connectivity index (χ4v) is 2.18. The molecular formula is C16H13F2NS. The average molecular weight is 289 g/mol. The molecule has 0 aliphatic rings. The van der Waals surface area contributed by atoms with Gasteiger partial charge in [0.15, 0.2) is 0 Å². The molecule has 0 aliphatic heterocycles. The van der Waals surface area contributed by atoms with Crippen LogP contribution in [0.25, 0.3) is 11.1 Å². The van der Waals surface area contributed by atoms with Crippen LogP contribution in [0.15, 0.2) is 41.4 Å². The number of isothiocyanates is 1. The zero-order chi connectivity index (χ0) is 14.5. The Bertz CT molecular complexity index is 636. The van der Waals surface area contributed by atoms with Gasteiger partial charge in [-0.1, -0.05) is 37.6 Å². The minimum atomic E-state index is -0.655. The van der Waals surface area contributed by atoms with Crippen LogP contribution >= 0.6 is 12.2 Å². The van der Waals surface area contributed by atoms with Crippen LogP contribution < -0.4 is 0 Å². The predicted octanol–water partition coefficient (Wildman–Crippen LogP) is 5.32. The second-order valence-electron chi connectivity index (χ2n) is 4.43. The molecular weight excluding hydrogens is 276 g/mol. The fourth-order valence-electron chi connectivity index (χ4n) is 2.08. The van der Waals surface area contributed by atoms with Gasteiger partial charge in [-0.15, -0.1) is 0 Å². The third kappa shape index (κ3) is 3.16. The summed E-state index contributed by atoms with van der Waals surface area (Å²) in [5.41, 5.74) is 1.74. The molecule has 0 bridgehead atoms. The number of hydrogen-bond donors (Lipinski definition) is 0. The number of nitrogens with zero attached hydrogens (tertiary/aromatic N) is 1.